The van der Waals surface area contributed by atoms with Crippen molar-refractivity contribution in [1.82, 2.24) is 9.61 Å². The van der Waals surface area contributed by atoms with Gasteiger partial charge >= 0.3 is 0 Å². The molecule has 1 aromatic carbocycles. The van der Waals surface area contributed by atoms with Crippen molar-refractivity contribution in [3.63, 3.8) is 0 Å². The number of anilines is 1. The second-order valence-electron chi connectivity index (χ2n) is 6.17. The third-order valence-corrected chi connectivity index (χ3v) is 4.58. The van der Waals surface area contributed by atoms with Gasteiger partial charge in [-0.15, -0.1) is 0 Å². The fourth-order valence-electron chi connectivity index (χ4n) is 3.52. The zero-order valence-corrected chi connectivity index (χ0v) is 13.3. The molecule has 1 aliphatic heterocycles. The molecular weight excluding hydrogens is 326 g/mol. The van der Waals surface area contributed by atoms with E-state index in [2.05, 4.69) is 5.10 Å². The number of hydrogen-bond acceptors (Lipinski definition) is 3. The number of pyridine rings is 1. The van der Waals surface area contributed by atoms with Crippen LogP contribution in [0.4, 0.5) is 14.5 Å². The first-order chi connectivity index (χ1) is 12.0. The second kappa shape index (κ2) is 5.84. The molecule has 3 heterocycles. The first kappa shape index (κ1) is 15.6. The van der Waals surface area contributed by atoms with E-state index in [1.54, 1.807) is 35.0 Å². The summed E-state index contributed by atoms with van der Waals surface area (Å²) in [7, 11) is 0. The number of halogens is 2. The van der Waals surface area contributed by atoms with Crippen molar-refractivity contribution in [1.29, 1.82) is 0 Å². The first-order valence-corrected chi connectivity index (χ1v) is 7.97. The molecule has 0 unspecified atom stereocenters. The van der Waals surface area contributed by atoms with Crippen LogP contribution in [0.15, 0.2) is 48.8 Å². The molecule has 0 radical (unpaired) electrons. The van der Waals surface area contributed by atoms with Crippen LogP contribution in [0, 0.1) is 5.82 Å². The molecule has 1 saturated heterocycles. The number of amides is 1. The molecule has 2 N–H and O–H groups in total. The molecule has 3 aromatic rings. The van der Waals surface area contributed by atoms with Crippen LogP contribution in [0.3, 0.4) is 0 Å². The van der Waals surface area contributed by atoms with Crippen molar-refractivity contribution < 1.29 is 13.6 Å². The number of primary amides is 1. The summed E-state index contributed by atoms with van der Waals surface area (Å²) < 4.78 is 29.4. The minimum Gasteiger partial charge on any atom is -0.365 e. The fourth-order valence-corrected chi connectivity index (χ4v) is 3.52. The Morgan fingerprint density at radius 2 is 2.12 bits per heavy atom. The van der Waals surface area contributed by atoms with Gasteiger partial charge in [-0.05, 0) is 29.8 Å². The summed E-state index contributed by atoms with van der Waals surface area (Å²) in [5, 5.41) is 4.14. The SMILES string of the molecule is NC(=O)c1cnn2cccc(N3C[C@@H](F)C[C@@H]3c3cccc(F)c3)c12. The Bertz CT molecular complexity index is 955. The van der Waals surface area contributed by atoms with E-state index >= 15 is 0 Å². The van der Waals surface area contributed by atoms with E-state index in [-0.39, 0.29) is 30.4 Å². The number of aromatic nitrogens is 2. The van der Waals surface area contributed by atoms with E-state index in [1.807, 2.05) is 4.90 Å². The molecule has 2 atom stereocenters. The average molecular weight is 342 g/mol. The van der Waals surface area contributed by atoms with Crippen LogP contribution < -0.4 is 10.6 Å². The fraction of sp³-hybridized carbons (Fsp3) is 0.222. The number of nitrogens with zero attached hydrogens (tertiary/aromatic N) is 3. The molecule has 1 amide bonds. The van der Waals surface area contributed by atoms with Crippen LogP contribution in [0.5, 0.6) is 0 Å². The number of fused-ring (bicyclic) bond motifs is 1. The van der Waals surface area contributed by atoms with Gasteiger partial charge in [-0.25, -0.2) is 13.3 Å². The molecular formula is C18H16F2N4O. The summed E-state index contributed by atoms with van der Waals surface area (Å²) in [5.41, 5.74) is 7.61. The predicted octanol–water partition coefficient (Wildman–Crippen LogP) is 2.86. The maximum absolute atomic E-state index is 14.2. The standard InChI is InChI=1S/C18H16F2N4O/c19-12-4-1-3-11(7-12)16-8-13(20)10-23(16)15-5-2-6-24-17(15)14(9-22-24)18(21)25/h1-7,9,13,16H,8,10H2,(H2,21,25)/t13-,16+/m0/s1. The zero-order chi connectivity index (χ0) is 17.6. The maximum Gasteiger partial charge on any atom is 0.252 e. The zero-order valence-electron chi connectivity index (χ0n) is 13.3. The van der Waals surface area contributed by atoms with Gasteiger partial charge in [-0.2, -0.15) is 5.10 Å². The molecule has 1 fully saturated rings. The lowest BCUT2D eigenvalue weighted by atomic mass is 10.0. The van der Waals surface area contributed by atoms with Gasteiger partial charge in [0.1, 0.15) is 17.5 Å². The molecule has 25 heavy (non-hydrogen) atoms. The van der Waals surface area contributed by atoms with Crippen LogP contribution in [0.1, 0.15) is 28.4 Å². The smallest absolute Gasteiger partial charge is 0.252 e. The summed E-state index contributed by atoms with van der Waals surface area (Å²) in [6.45, 7) is 0.157. The van der Waals surface area contributed by atoms with Gasteiger partial charge in [0.05, 0.1) is 23.5 Å². The normalized spacial score (nSPS) is 20.3. The minimum atomic E-state index is -1.05. The lowest BCUT2D eigenvalue weighted by Gasteiger charge is -2.27. The summed E-state index contributed by atoms with van der Waals surface area (Å²) >= 11 is 0. The highest BCUT2D eigenvalue weighted by atomic mass is 19.1. The maximum atomic E-state index is 14.2. The van der Waals surface area contributed by atoms with E-state index in [1.165, 1.54) is 18.3 Å². The Hall–Kier alpha value is -2.96. The Morgan fingerprint density at radius 1 is 1.28 bits per heavy atom. The Balaban J connectivity index is 1.86. The third-order valence-electron chi connectivity index (χ3n) is 4.58. The van der Waals surface area contributed by atoms with Gasteiger partial charge in [-0.3, -0.25) is 4.79 Å². The van der Waals surface area contributed by atoms with E-state index in [9.17, 15) is 13.6 Å². The van der Waals surface area contributed by atoms with Crippen LogP contribution in [-0.2, 0) is 0 Å². The predicted molar refractivity (Wildman–Crippen MR) is 89.7 cm³/mol. The number of nitrogens with two attached hydrogens (primary N) is 1. The molecule has 0 bridgehead atoms. The molecule has 7 heteroatoms. The topological polar surface area (TPSA) is 63.6 Å². The number of benzene rings is 1. The van der Waals surface area contributed by atoms with Crippen LogP contribution in [0.2, 0.25) is 0 Å². The highest BCUT2D eigenvalue weighted by Gasteiger charge is 2.35. The lowest BCUT2D eigenvalue weighted by Crippen LogP contribution is -2.25. The van der Waals surface area contributed by atoms with Crippen LogP contribution in [-0.4, -0.2) is 28.2 Å². The number of carbonyl (C=O) groups is 1. The van der Waals surface area contributed by atoms with Crippen LogP contribution in [0.25, 0.3) is 5.52 Å². The Kier molecular flexibility index (Phi) is 3.63. The van der Waals surface area contributed by atoms with Crippen molar-refractivity contribution in [2.75, 3.05) is 11.4 Å². The quantitative estimate of drug-likeness (QED) is 0.796. The molecule has 4 rings (SSSR count). The van der Waals surface area contributed by atoms with E-state index < -0.39 is 12.1 Å². The largest absolute Gasteiger partial charge is 0.365 e. The lowest BCUT2D eigenvalue weighted by molar-refractivity contribution is 0.100. The molecule has 1 aliphatic rings. The summed E-state index contributed by atoms with van der Waals surface area (Å²) in [6.07, 6.45) is 2.31. The second-order valence-corrected chi connectivity index (χ2v) is 6.17. The molecule has 0 aliphatic carbocycles. The van der Waals surface area contributed by atoms with Crippen molar-refractivity contribution in [3.05, 3.63) is 65.7 Å². The van der Waals surface area contributed by atoms with E-state index in [0.717, 1.165) is 0 Å². The van der Waals surface area contributed by atoms with Crippen molar-refractivity contribution in [2.24, 2.45) is 5.73 Å². The van der Waals surface area contributed by atoms with E-state index in [0.29, 0.717) is 16.8 Å². The van der Waals surface area contributed by atoms with Gasteiger partial charge in [0.15, 0.2) is 0 Å². The highest BCUT2D eigenvalue weighted by Crippen LogP contribution is 2.39. The van der Waals surface area contributed by atoms with E-state index in [4.69, 9.17) is 5.73 Å². The molecule has 2 aromatic heterocycles. The van der Waals surface area contributed by atoms with Crippen molar-refractivity contribution in [2.45, 2.75) is 18.6 Å². The minimum absolute atomic E-state index is 0.157. The van der Waals surface area contributed by atoms with Gasteiger partial charge in [0.25, 0.3) is 5.91 Å². The first-order valence-electron chi connectivity index (χ1n) is 7.97. The van der Waals surface area contributed by atoms with Crippen LogP contribution >= 0.6 is 0 Å². The molecule has 0 spiro atoms. The van der Waals surface area contributed by atoms with Gasteiger partial charge in [-0.1, -0.05) is 12.1 Å². The third kappa shape index (κ3) is 2.61. The highest BCUT2D eigenvalue weighted by molar-refractivity contribution is 6.03. The van der Waals surface area contributed by atoms with Gasteiger partial charge in [0.2, 0.25) is 0 Å². The van der Waals surface area contributed by atoms with Gasteiger partial charge < -0.3 is 10.6 Å². The summed E-state index contributed by atoms with van der Waals surface area (Å²) in [6, 6.07) is 9.42. The average Bonchev–Trinajstić information content (AvgIpc) is 3.18. The summed E-state index contributed by atoms with van der Waals surface area (Å²) in [5.74, 6) is -0.958. The Morgan fingerprint density at radius 3 is 2.88 bits per heavy atom. The summed E-state index contributed by atoms with van der Waals surface area (Å²) in [4.78, 5) is 13.6. The molecule has 128 valence electrons. The van der Waals surface area contributed by atoms with Gasteiger partial charge in [0, 0.05) is 19.2 Å². The number of hydrogen-bond donors (Lipinski definition) is 1. The molecule has 5 nitrogen and oxygen atoms in total. The monoisotopic (exact) mass is 342 g/mol. The van der Waals surface area contributed by atoms with Crippen molar-refractivity contribution >= 4 is 17.1 Å². The number of carbonyl (C=O) groups excluding carboxylic acids is 1. The molecule has 0 saturated carbocycles. The van der Waals surface area contributed by atoms with Crippen molar-refractivity contribution in [3.8, 4) is 0 Å². The Labute approximate surface area is 142 Å². The number of rotatable bonds is 3. The number of alkyl halides is 1.